The number of halogens is 3. The summed E-state index contributed by atoms with van der Waals surface area (Å²) in [7, 11) is 3.08. The lowest BCUT2D eigenvalue weighted by molar-refractivity contribution is 0.391. The van der Waals surface area contributed by atoms with Crippen LogP contribution in [-0.2, 0) is 0 Å². The number of benzene rings is 1. The second kappa shape index (κ2) is 5.96. The van der Waals surface area contributed by atoms with Gasteiger partial charge in [-0.3, -0.25) is 0 Å². The third-order valence-electron chi connectivity index (χ3n) is 1.56. The molecule has 0 unspecified atom stereocenters. The van der Waals surface area contributed by atoms with Crippen molar-refractivity contribution in [3.05, 3.63) is 18.2 Å². The van der Waals surface area contributed by atoms with Gasteiger partial charge in [-0.05, 0) is 0 Å². The molecule has 0 amide bonds. The van der Waals surface area contributed by atoms with Crippen LogP contribution in [0, 0.1) is 0 Å². The number of ether oxygens (including phenoxy) is 2. The van der Waals surface area contributed by atoms with E-state index in [4.69, 9.17) is 48.5 Å². The third kappa shape index (κ3) is 4.78. The molecule has 0 heterocycles. The molecule has 0 spiro atoms. The maximum absolute atomic E-state index is 5.54. The van der Waals surface area contributed by atoms with Crippen molar-refractivity contribution in [2.24, 2.45) is 0 Å². The van der Waals surface area contributed by atoms with Crippen LogP contribution in [0.25, 0.3) is 0 Å². The zero-order chi connectivity index (χ0) is 12.2. The van der Waals surface area contributed by atoms with Crippen LogP contribution < -0.4 is 13.7 Å². The highest BCUT2D eigenvalue weighted by molar-refractivity contribution is 8.00. The maximum atomic E-state index is 5.54. The molecule has 0 fully saturated rings. The van der Waals surface area contributed by atoms with E-state index in [9.17, 15) is 0 Å². The molecule has 7 heteroatoms. The largest absolute Gasteiger partial charge is 0.496 e. The van der Waals surface area contributed by atoms with Crippen molar-refractivity contribution in [3.8, 4) is 17.2 Å². The van der Waals surface area contributed by atoms with Crippen molar-refractivity contribution in [1.82, 2.24) is 0 Å². The van der Waals surface area contributed by atoms with Crippen molar-refractivity contribution in [2.45, 2.75) is 3.12 Å². The molecule has 3 nitrogen and oxygen atoms in total. The summed E-state index contributed by atoms with van der Waals surface area (Å²) < 4.78 is 13.8. The minimum absolute atomic E-state index is 0.479. The molecule has 90 valence electrons. The van der Waals surface area contributed by atoms with Crippen molar-refractivity contribution in [3.63, 3.8) is 0 Å². The molecule has 0 N–H and O–H groups in total. The zero-order valence-corrected chi connectivity index (χ0v) is 11.6. The van der Waals surface area contributed by atoms with Crippen LogP contribution in [0.4, 0.5) is 0 Å². The molecular weight excluding hydrogens is 295 g/mol. The van der Waals surface area contributed by atoms with Gasteiger partial charge in [-0.2, -0.15) is 0 Å². The topological polar surface area (TPSA) is 27.7 Å². The van der Waals surface area contributed by atoms with Gasteiger partial charge < -0.3 is 13.7 Å². The first-order valence-electron chi connectivity index (χ1n) is 4.10. The Bertz CT molecular complexity index is 332. The first-order valence-corrected chi connectivity index (χ1v) is 5.97. The second-order valence-electron chi connectivity index (χ2n) is 2.66. The third-order valence-corrected chi connectivity index (χ3v) is 2.59. The van der Waals surface area contributed by atoms with Gasteiger partial charge in [-0.1, -0.05) is 34.8 Å². The molecule has 0 aromatic heterocycles. The lowest BCUT2D eigenvalue weighted by Gasteiger charge is -2.12. The van der Waals surface area contributed by atoms with Gasteiger partial charge in [0, 0.05) is 18.2 Å². The highest BCUT2D eigenvalue weighted by Crippen LogP contribution is 2.41. The summed E-state index contributed by atoms with van der Waals surface area (Å²) in [5.74, 6) is 1.67. The Morgan fingerprint density at radius 2 is 1.38 bits per heavy atom. The Balaban J connectivity index is 2.79. The van der Waals surface area contributed by atoms with Crippen LogP contribution in [-0.4, -0.2) is 17.3 Å². The first kappa shape index (κ1) is 13.9. The maximum Gasteiger partial charge on any atom is 0.274 e. The van der Waals surface area contributed by atoms with Gasteiger partial charge >= 0.3 is 0 Å². The van der Waals surface area contributed by atoms with Crippen LogP contribution in [0.5, 0.6) is 17.2 Å². The summed E-state index contributed by atoms with van der Waals surface area (Å²) >= 11 is 17.3. The van der Waals surface area contributed by atoms with E-state index in [0.717, 1.165) is 0 Å². The van der Waals surface area contributed by atoms with E-state index in [1.54, 1.807) is 32.4 Å². The average molecular weight is 304 g/mol. The molecule has 0 atom stereocenters. The van der Waals surface area contributed by atoms with Crippen LogP contribution in [0.1, 0.15) is 0 Å². The normalized spacial score (nSPS) is 11.1. The molecule has 0 bridgehead atoms. The highest BCUT2D eigenvalue weighted by Gasteiger charge is 2.23. The number of alkyl halides is 3. The minimum Gasteiger partial charge on any atom is -0.496 e. The summed E-state index contributed by atoms with van der Waals surface area (Å²) in [5.41, 5.74) is 0. The molecule has 0 aliphatic heterocycles. The molecule has 0 aliphatic carbocycles. The lowest BCUT2D eigenvalue weighted by Crippen LogP contribution is -1.98. The number of hydrogen-bond acceptors (Lipinski definition) is 4. The molecule has 0 saturated carbocycles. The van der Waals surface area contributed by atoms with Gasteiger partial charge in [-0.15, -0.1) is 0 Å². The fraction of sp³-hybridized carbons (Fsp3) is 0.333. The van der Waals surface area contributed by atoms with E-state index in [-0.39, 0.29) is 0 Å². The van der Waals surface area contributed by atoms with Crippen molar-refractivity contribution in [2.75, 3.05) is 14.2 Å². The summed E-state index contributed by atoms with van der Waals surface area (Å²) in [6.07, 6.45) is 0. The van der Waals surface area contributed by atoms with Crippen LogP contribution >= 0.6 is 46.8 Å². The highest BCUT2D eigenvalue weighted by atomic mass is 35.6. The Hall–Kier alpha value is -0.160. The van der Waals surface area contributed by atoms with Crippen molar-refractivity contribution in [1.29, 1.82) is 0 Å². The average Bonchev–Trinajstić information content (AvgIpc) is 2.25. The van der Waals surface area contributed by atoms with Gasteiger partial charge in [-0.25, -0.2) is 0 Å². The Kier molecular flexibility index (Phi) is 5.18. The van der Waals surface area contributed by atoms with Gasteiger partial charge in [0.15, 0.2) is 0 Å². The summed E-state index contributed by atoms with van der Waals surface area (Å²) in [6, 6.07) is 5.03. The minimum atomic E-state index is -1.53. The molecule has 1 aromatic carbocycles. The molecular formula is C9H9Cl3O3S. The zero-order valence-electron chi connectivity index (χ0n) is 8.50. The van der Waals surface area contributed by atoms with Crippen molar-refractivity contribution < 1.29 is 13.7 Å². The van der Waals surface area contributed by atoms with Crippen LogP contribution in [0.3, 0.4) is 0 Å². The Morgan fingerprint density at radius 1 is 0.938 bits per heavy atom. The lowest BCUT2D eigenvalue weighted by atomic mass is 10.3. The summed E-state index contributed by atoms with van der Waals surface area (Å²) in [4.78, 5) is 0. The van der Waals surface area contributed by atoms with E-state index < -0.39 is 3.12 Å². The Labute approximate surface area is 113 Å². The molecule has 0 aliphatic rings. The SMILES string of the molecule is COc1cc(OC)cc(OSC(Cl)(Cl)Cl)c1. The second-order valence-corrected chi connectivity index (χ2v) is 6.56. The summed E-state index contributed by atoms with van der Waals surface area (Å²) in [6.45, 7) is 0. The summed E-state index contributed by atoms with van der Waals surface area (Å²) in [5, 5.41) is 0. The monoisotopic (exact) mass is 302 g/mol. The Morgan fingerprint density at radius 3 is 1.75 bits per heavy atom. The fourth-order valence-corrected chi connectivity index (χ4v) is 1.50. The number of methoxy groups -OCH3 is 2. The molecule has 16 heavy (non-hydrogen) atoms. The standard InChI is InChI=1S/C9H9Cl3O3S/c1-13-6-3-7(14-2)5-8(4-6)15-16-9(10,11)12/h3-5H,1-2H3. The quantitative estimate of drug-likeness (QED) is 0.619. The van der Waals surface area contributed by atoms with Crippen LogP contribution in [0.15, 0.2) is 18.2 Å². The fourth-order valence-electron chi connectivity index (χ4n) is 0.925. The number of rotatable bonds is 4. The number of hydrogen-bond donors (Lipinski definition) is 0. The van der Waals surface area contributed by atoms with Crippen molar-refractivity contribution >= 4 is 46.8 Å². The van der Waals surface area contributed by atoms with E-state index >= 15 is 0 Å². The van der Waals surface area contributed by atoms with E-state index in [0.29, 0.717) is 29.3 Å². The van der Waals surface area contributed by atoms with E-state index in [1.807, 2.05) is 0 Å². The predicted octanol–water partition coefficient (Wildman–Crippen LogP) is 4.06. The predicted molar refractivity (Wildman–Crippen MR) is 68.1 cm³/mol. The molecule has 1 rings (SSSR count). The molecule has 1 aromatic rings. The van der Waals surface area contributed by atoms with Gasteiger partial charge in [0.2, 0.25) is 0 Å². The van der Waals surface area contributed by atoms with Crippen LogP contribution in [0.2, 0.25) is 0 Å². The van der Waals surface area contributed by atoms with Gasteiger partial charge in [0.05, 0.1) is 14.2 Å². The first-order chi connectivity index (χ1) is 7.44. The van der Waals surface area contributed by atoms with E-state index in [2.05, 4.69) is 0 Å². The molecule has 0 saturated heterocycles. The van der Waals surface area contributed by atoms with E-state index in [1.165, 1.54) is 0 Å². The van der Waals surface area contributed by atoms with Gasteiger partial charge in [0.25, 0.3) is 3.12 Å². The molecule has 0 radical (unpaired) electrons. The smallest absolute Gasteiger partial charge is 0.274 e. The van der Waals surface area contributed by atoms with Gasteiger partial charge in [0.1, 0.15) is 29.3 Å².